The Kier molecular flexibility index (Phi) is 38.8. The summed E-state index contributed by atoms with van der Waals surface area (Å²) in [5.74, 6) is -14.5. The van der Waals surface area contributed by atoms with Crippen molar-refractivity contribution in [1.82, 2.24) is 57.7 Å². The van der Waals surface area contributed by atoms with Gasteiger partial charge in [-0.15, -0.1) is 0 Å². The van der Waals surface area contributed by atoms with Gasteiger partial charge in [-0.05, 0) is 137 Å². The smallest absolute Gasteiger partial charge is 0.326 e. The molecule has 110 heavy (non-hydrogen) atoms. The Morgan fingerprint density at radius 3 is 1.40 bits per heavy atom. The molecule has 37 nitrogen and oxygen atoms in total. The summed E-state index contributed by atoms with van der Waals surface area (Å²) in [6.07, 6.45) is -0.671. The Labute approximate surface area is 640 Å². The molecule has 2 heterocycles. The minimum absolute atomic E-state index is 0.0110. The minimum Gasteiger partial charge on any atom is -0.508 e. The summed E-state index contributed by atoms with van der Waals surface area (Å²) in [4.78, 5) is 207. The van der Waals surface area contributed by atoms with Crippen LogP contribution in [0.5, 0.6) is 5.75 Å². The SMILES string of the molecule is CC[C@H](C)[C@H](NC(=O)[C@H](Cc1ccccc1)NC(=O)[C@@H]1CCCN1C(=O)[C@H](CCCN=C(N)N)NC(=O)[C@H](CCCN=C(N)N)NC(=O)[C@@H]1CCCN1C(=O)[C@H](CCCCN)NC(=O)[C@H](CC(N)=O)NC(=O)[C@H](CCC(=O)O)NC(=O)[C@H](Cc1ccc(O)cc1)NC(=O)[C@@H](N)CC(C)C)C(=O)N[C@@H](CC(C)C)C(=O)O. The predicted octanol–water partition coefficient (Wildman–Crippen LogP) is -2.95. The number of aromatic hydroxyl groups is 1. The number of amides is 12. The molecule has 2 saturated heterocycles. The number of phenols is 1. The van der Waals surface area contributed by atoms with Crippen LogP contribution in [0.4, 0.5) is 0 Å². The molecule has 4 rings (SSSR count). The van der Waals surface area contributed by atoms with E-state index in [9.17, 15) is 77.6 Å². The van der Waals surface area contributed by atoms with Gasteiger partial charge in [0.1, 0.15) is 72.2 Å². The van der Waals surface area contributed by atoms with E-state index < -0.39 is 181 Å². The van der Waals surface area contributed by atoms with Crippen molar-refractivity contribution in [3.05, 3.63) is 65.7 Å². The lowest BCUT2D eigenvalue weighted by Crippen LogP contribution is -2.61. The predicted molar refractivity (Wildman–Crippen MR) is 406 cm³/mol. The van der Waals surface area contributed by atoms with Crippen molar-refractivity contribution >= 4 is 94.7 Å². The zero-order valence-electron chi connectivity index (χ0n) is 63.7. The average Bonchev–Trinajstić information content (AvgIpc) is 1.62. The molecule has 0 aliphatic carbocycles. The number of carbonyl (C=O) groups is 14. The van der Waals surface area contributed by atoms with Crippen molar-refractivity contribution in [3.63, 3.8) is 0 Å². The Balaban J connectivity index is 1.64. The highest BCUT2D eigenvalue weighted by atomic mass is 16.4. The quantitative estimate of drug-likeness (QED) is 0.0179. The molecule has 2 aliphatic heterocycles. The van der Waals surface area contributed by atoms with E-state index in [4.69, 9.17) is 40.1 Å². The number of hydrogen-bond acceptors (Lipinski definition) is 19. The number of benzene rings is 2. The third-order valence-corrected chi connectivity index (χ3v) is 18.8. The van der Waals surface area contributed by atoms with Crippen LogP contribution in [0.25, 0.3) is 0 Å². The molecule has 37 heteroatoms. The third-order valence-electron chi connectivity index (χ3n) is 18.8. The topological polar surface area (TPSA) is 621 Å². The number of rotatable bonds is 48. The fourth-order valence-corrected chi connectivity index (χ4v) is 12.8. The molecule has 0 radical (unpaired) electrons. The van der Waals surface area contributed by atoms with E-state index in [1.165, 1.54) is 34.1 Å². The van der Waals surface area contributed by atoms with E-state index in [0.717, 1.165) is 0 Å². The number of phenolic OH excluding ortho intramolecular Hbond substituents is 1. The number of aliphatic imine (C=N–C) groups is 2. The van der Waals surface area contributed by atoms with Crippen LogP contribution < -0.4 is 88.0 Å². The maximum Gasteiger partial charge on any atom is 0.326 e. The second-order valence-electron chi connectivity index (χ2n) is 28.8. The maximum absolute atomic E-state index is 15.1. The summed E-state index contributed by atoms with van der Waals surface area (Å²) >= 11 is 0. The lowest BCUT2D eigenvalue weighted by Gasteiger charge is -2.32. The van der Waals surface area contributed by atoms with Gasteiger partial charge in [-0.1, -0.05) is 90.4 Å². The van der Waals surface area contributed by atoms with Crippen molar-refractivity contribution < 1.29 is 82.4 Å². The van der Waals surface area contributed by atoms with Crippen LogP contribution in [-0.4, -0.2) is 225 Å². The van der Waals surface area contributed by atoms with E-state index in [1.54, 1.807) is 58.0 Å². The molecule has 2 aromatic rings. The molecular formula is C73H116N20O17. The molecule has 2 aliphatic rings. The number of carboxylic acids is 2. The third kappa shape index (κ3) is 31.5. The first-order valence-corrected chi connectivity index (χ1v) is 37.5. The van der Waals surface area contributed by atoms with E-state index in [1.807, 2.05) is 13.8 Å². The summed E-state index contributed by atoms with van der Waals surface area (Å²) in [6.45, 7) is 10.8. The van der Waals surface area contributed by atoms with Crippen LogP contribution in [0.15, 0.2) is 64.6 Å². The van der Waals surface area contributed by atoms with Crippen LogP contribution >= 0.6 is 0 Å². The highest BCUT2D eigenvalue weighted by Gasteiger charge is 2.43. The molecular weight excluding hydrogens is 1430 g/mol. The lowest BCUT2D eigenvalue weighted by atomic mass is 9.96. The maximum atomic E-state index is 15.1. The second-order valence-corrected chi connectivity index (χ2v) is 28.8. The van der Waals surface area contributed by atoms with Crippen LogP contribution in [0.1, 0.15) is 162 Å². The fraction of sp³-hybridized carbons (Fsp3) is 0.616. The van der Waals surface area contributed by atoms with E-state index in [0.29, 0.717) is 30.4 Å². The Bertz CT molecular complexity index is 3500. The number of carboxylic acid groups (broad SMARTS) is 2. The van der Waals surface area contributed by atoms with Gasteiger partial charge < -0.3 is 113 Å². The van der Waals surface area contributed by atoms with Gasteiger partial charge in [0.05, 0.1) is 12.5 Å². The number of primary amides is 1. The van der Waals surface area contributed by atoms with Gasteiger partial charge in [0.2, 0.25) is 70.9 Å². The number of likely N-dealkylation sites (tertiary alicyclic amines) is 2. The number of carbonyl (C=O) groups excluding carboxylic acids is 12. The van der Waals surface area contributed by atoms with Gasteiger partial charge in [0, 0.05) is 45.4 Å². The minimum atomic E-state index is -1.87. The highest BCUT2D eigenvalue weighted by Crippen LogP contribution is 2.24. The van der Waals surface area contributed by atoms with E-state index in [-0.39, 0.29) is 146 Å². The van der Waals surface area contributed by atoms with Gasteiger partial charge in [0.25, 0.3) is 0 Å². The number of aliphatic carboxylic acids is 2. The molecule has 0 spiro atoms. The first-order valence-electron chi connectivity index (χ1n) is 37.5. The number of hydrogen-bond donors (Lipinski definition) is 19. The Hall–Kier alpha value is -10.7. The van der Waals surface area contributed by atoms with Gasteiger partial charge in [0.15, 0.2) is 11.9 Å². The van der Waals surface area contributed by atoms with Crippen molar-refractivity contribution in [3.8, 4) is 5.75 Å². The summed E-state index contributed by atoms with van der Waals surface area (Å²) in [5, 5.41) is 53.2. The number of unbranched alkanes of at least 4 members (excludes halogenated alkanes) is 1. The summed E-state index contributed by atoms with van der Waals surface area (Å²) < 4.78 is 0. The molecule has 0 saturated carbocycles. The highest BCUT2D eigenvalue weighted by molar-refractivity contribution is 6.00. The molecule has 26 N–H and O–H groups in total. The summed E-state index contributed by atoms with van der Waals surface area (Å²) in [6, 6.07) is -2.47. The Morgan fingerprint density at radius 2 is 0.918 bits per heavy atom. The second kappa shape index (κ2) is 46.6. The van der Waals surface area contributed by atoms with Crippen LogP contribution in [0.3, 0.4) is 0 Å². The average molecular weight is 1550 g/mol. The standard InChI is InChI=1S/C73H116N20O17/c1-7-42(6)59(68(106)90-54(71(109)110)36-41(4)5)91-65(103)52(37-43-17-9-8-10-18-43)89-67(105)56-23-16-34-93(56)70(108)50(21-14-32-82-73(79)80)85-61(99)47(20-13-31-81-72(77)78)84-66(104)55-22-15-33-92(55)69(107)49(19-11-12-30-74)86-64(102)53(39-57(76)95)88-62(100)48(28-29-58(96)97)83-63(101)51(38-44-24-26-45(94)27-25-44)87-60(98)46(75)35-40(2)3/h8-10,17-18,24-27,40-42,46-56,59,94H,7,11-16,19-23,28-39,74-75H2,1-6H3,(H2,76,95)(H,83,101)(H,84,104)(H,85,99)(H,86,102)(H,87,98)(H,88,100)(H,89,105)(H,90,106)(H,91,103)(H,96,97)(H,109,110)(H4,77,78,81)(H4,79,80,82)/t42-,46-,47-,48-,49-,50-,51-,52-,53-,54-,55-,56-,59-/m0/s1. The molecule has 13 atom stereocenters. The zero-order chi connectivity index (χ0) is 81.9. The van der Waals surface area contributed by atoms with Crippen molar-refractivity contribution in [2.45, 2.75) is 236 Å². The number of nitrogens with two attached hydrogens (primary N) is 7. The lowest BCUT2D eigenvalue weighted by molar-refractivity contribution is -0.144. The molecule has 0 aromatic heterocycles. The summed E-state index contributed by atoms with van der Waals surface area (Å²) in [7, 11) is 0. The summed E-state index contributed by atoms with van der Waals surface area (Å²) in [5.41, 5.74) is 41.2. The molecule has 0 bridgehead atoms. The van der Waals surface area contributed by atoms with Crippen molar-refractivity contribution in [2.75, 3.05) is 32.7 Å². The normalized spacial score (nSPS) is 17.0. The zero-order valence-corrected chi connectivity index (χ0v) is 63.7. The van der Waals surface area contributed by atoms with Crippen molar-refractivity contribution in [1.29, 1.82) is 0 Å². The van der Waals surface area contributed by atoms with Crippen LogP contribution in [0.2, 0.25) is 0 Å². The van der Waals surface area contributed by atoms with Gasteiger partial charge in [-0.25, -0.2) is 4.79 Å². The Morgan fingerprint density at radius 1 is 0.491 bits per heavy atom. The van der Waals surface area contributed by atoms with E-state index in [2.05, 4.69) is 57.8 Å². The van der Waals surface area contributed by atoms with Gasteiger partial charge >= 0.3 is 11.9 Å². The number of nitrogens with one attached hydrogen (secondary N) is 9. The molecule has 2 fully saturated rings. The molecule has 2 aromatic carbocycles. The molecule has 0 unspecified atom stereocenters. The van der Waals surface area contributed by atoms with Gasteiger partial charge in [-0.3, -0.25) is 72.3 Å². The molecule has 610 valence electrons. The number of nitrogens with zero attached hydrogens (tertiary/aromatic N) is 4. The van der Waals surface area contributed by atoms with Crippen molar-refractivity contribution in [2.24, 2.45) is 67.9 Å². The fourth-order valence-electron chi connectivity index (χ4n) is 12.8. The van der Waals surface area contributed by atoms with E-state index >= 15 is 4.79 Å². The van der Waals surface area contributed by atoms with Crippen LogP contribution in [-0.2, 0) is 80.0 Å². The number of guanidine groups is 2. The first kappa shape index (κ1) is 91.7. The molecule has 12 amide bonds. The largest absolute Gasteiger partial charge is 0.508 e. The van der Waals surface area contributed by atoms with Crippen LogP contribution in [0, 0.1) is 17.8 Å². The first-order chi connectivity index (χ1) is 52.0. The monoisotopic (exact) mass is 1540 g/mol. The van der Waals surface area contributed by atoms with Gasteiger partial charge in [-0.2, -0.15) is 0 Å².